The summed E-state index contributed by atoms with van der Waals surface area (Å²) in [7, 11) is 0. The number of nitriles is 2. The molecular weight excluding hydrogens is 215 g/mol. The van der Waals surface area contributed by atoms with Crippen LogP contribution in [0.5, 0.6) is 0 Å². The van der Waals surface area contributed by atoms with Gasteiger partial charge in [0.2, 0.25) is 0 Å². The third-order valence-corrected chi connectivity index (χ3v) is 2.44. The van der Waals surface area contributed by atoms with Crippen LogP contribution in [0.25, 0.3) is 11.1 Å². The first-order valence-electron chi connectivity index (χ1n) is 4.95. The van der Waals surface area contributed by atoms with Gasteiger partial charge >= 0.3 is 0 Å². The molecule has 0 aliphatic heterocycles. The van der Waals surface area contributed by atoms with Crippen molar-refractivity contribution in [2.45, 2.75) is 0 Å². The van der Waals surface area contributed by atoms with Crippen molar-refractivity contribution >= 4 is 0 Å². The molecule has 0 aliphatic rings. The number of nitrogens with zero attached hydrogens (tertiary/aromatic N) is 2. The molecule has 0 atom stereocenters. The normalized spacial score (nSPS) is 9.35. The molecule has 3 heteroatoms. The van der Waals surface area contributed by atoms with Crippen LogP contribution in [0, 0.1) is 28.5 Å². The van der Waals surface area contributed by atoms with Gasteiger partial charge in [-0.05, 0) is 29.8 Å². The van der Waals surface area contributed by atoms with E-state index >= 15 is 0 Å². The van der Waals surface area contributed by atoms with Crippen LogP contribution in [0.3, 0.4) is 0 Å². The van der Waals surface area contributed by atoms with Crippen LogP contribution in [-0.4, -0.2) is 0 Å². The number of hydrogen-bond donors (Lipinski definition) is 0. The Morgan fingerprint density at radius 1 is 0.824 bits per heavy atom. The fraction of sp³-hybridized carbons (Fsp3) is 0. The maximum absolute atomic E-state index is 12.8. The van der Waals surface area contributed by atoms with Gasteiger partial charge in [0.1, 0.15) is 5.82 Å². The number of hydrogen-bond acceptors (Lipinski definition) is 2. The van der Waals surface area contributed by atoms with E-state index in [2.05, 4.69) is 0 Å². The first kappa shape index (κ1) is 10.9. The minimum Gasteiger partial charge on any atom is -0.207 e. The Balaban J connectivity index is 2.70. The summed E-state index contributed by atoms with van der Waals surface area (Å²) in [5.41, 5.74) is 2.05. The van der Waals surface area contributed by atoms with Crippen LogP contribution in [0.15, 0.2) is 42.5 Å². The van der Waals surface area contributed by atoms with Crippen molar-refractivity contribution in [3.05, 3.63) is 59.4 Å². The van der Waals surface area contributed by atoms with Gasteiger partial charge in [-0.1, -0.05) is 18.2 Å². The van der Waals surface area contributed by atoms with E-state index < -0.39 is 0 Å². The summed E-state index contributed by atoms with van der Waals surface area (Å²) in [5, 5.41) is 18.0. The van der Waals surface area contributed by atoms with E-state index in [1.54, 1.807) is 30.3 Å². The molecule has 2 nitrogen and oxygen atoms in total. The van der Waals surface area contributed by atoms with Crippen molar-refractivity contribution in [2.24, 2.45) is 0 Å². The highest BCUT2D eigenvalue weighted by atomic mass is 19.1. The lowest BCUT2D eigenvalue weighted by atomic mass is 9.95. The Hall–Kier alpha value is -2.65. The lowest BCUT2D eigenvalue weighted by molar-refractivity contribution is 0.628. The predicted octanol–water partition coefficient (Wildman–Crippen LogP) is 3.24. The molecule has 0 unspecified atom stereocenters. The second kappa shape index (κ2) is 4.47. The summed E-state index contributed by atoms with van der Waals surface area (Å²) in [5.74, 6) is -0.346. The molecule has 2 aromatic rings. The van der Waals surface area contributed by atoms with Crippen LogP contribution in [0.1, 0.15) is 11.1 Å². The van der Waals surface area contributed by atoms with Crippen molar-refractivity contribution in [1.29, 1.82) is 10.5 Å². The lowest BCUT2D eigenvalue weighted by Gasteiger charge is -2.06. The van der Waals surface area contributed by atoms with E-state index in [4.69, 9.17) is 10.5 Å². The van der Waals surface area contributed by atoms with E-state index in [0.717, 1.165) is 0 Å². The fourth-order valence-electron chi connectivity index (χ4n) is 1.67. The van der Waals surface area contributed by atoms with Crippen molar-refractivity contribution in [1.82, 2.24) is 0 Å². The smallest absolute Gasteiger partial charge is 0.123 e. The summed E-state index contributed by atoms with van der Waals surface area (Å²) in [4.78, 5) is 0. The van der Waals surface area contributed by atoms with Gasteiger partial charge in [-0.3, -0.25) is 0 Å². The van der Waals surface area contributed by atoms with E-state index in [1.165, 1.54) is 12.1 Å². The summed E-state index contributed by atoms with van der Waals surface area (Å²) in [6.07, 6.45) is 0. The molecule has 80 valence electrons. The van der Waals surface area contributed by atoms with Gasteiger partial charge in [-0.25, -0.2) is 4.39 Å². The molecule has 0 amide bonds. The third kappa shape index (κ3) is 2.00. The first-order valence-corrected chi connectivity index (χ1v) is 4.95. The first-order chi connectivity index (χ1) is 8.26. The van der Waals surface area contributed by atoms with Gasteiger partial charge in [0.15, 0.2) is 0 Å². The average Bonchev–Trinajstić information content (AvgIpc) is 2.38. The Labute approximate surface area is 98.2 Å². The van der Waals surface area contributed by atoms with Crippen molar-refractivity contribution in [3.8, 4) is 23.3 Å². The molecule has 0 bridgehead atoms. The van der Waals surface area contributed by atoms with Gasteiger partial charge in [-0.2, -0.15) is 10.5 Å². The van der Waals surface area contributed by atoms with Gasteiger partial charge in [0.25, 0.3) is 0 Å². The zero-order valence-electron chi connectivity index (χ0n) is 8.81. The summed E-state index contributed by atoms with van der Waals surface area (Å²) >= 11 is 0. The molecule has 0 aliphatic carbocycles. The van der Waals surface area contributed by atoms with Gasteiger partial charge < -0.3 is 0 Å². The standard InChI is InChI=1S/C14H7FN2/c15-13-6-4-10(5-7-13)14-11(8-16)2-1-3-12(14)9-17/h1-7H. The highest BCUT2D eigenvalue weighted by Crippen LogP contribution is 2.27. The van der Waals surface area contributed by atoms with E-state index in [9.17, 15) is 4.39 Å². The fourth-order valence-corrected chi connectivity index (χ4v) is 1.67. The molecule has 0 saturated carbocycles. The Bertz CT molecular complexity index is 599. The second-order valence-corrected chi connectivity index (χ2v) is 3.46. The number of halogens is 1. The summed E-state index contributed by atoms with van der Waals surface area (Å²) in [6.45, 7) is 0. The maximum Gasteiger partial charge on any atom is 0.123 e. The quantitative estimate of drug-likeness (QED) is 0.743. The highest BCUT2D eigenvalue weighted by Gasteiger charge is 2.10. The molecule has 2 aromatic carbocycles. The van der Waals surface area contributed by atoms with Crippen molar-refractivity contribution in [2.75, 3.05) is 0 Å². The van der Waals surface area contributed by atoms with Crippen LogP contribution in [-0.2, 0) is 0 Å². The van der Waals surface area contributed by atoms with Crippen LogP contribution in [0.2, 0.25) is 0 Å². The Morgan fingerprint density at radius 2 is 1.35 bits per heavy atom. The Kier molecular flexibility index (Phi) is 2.85. The van der Waals surface area contributed by atoms with E-state index in [1.807, 2.05) is 12.1 Å². The van der Waals surface area contributed by atoms with Crippen LogP contribution < -0.4 is 0 Å². The maximum atomic E-state index is 12.8. The van der Waals surface area contributed by atoms with Gasteiger partial charge in [-0.15, -0.1) is 0 Å². The van der Waals surface area contributed by atoms with Crippen LogP contribution in [0.4, 0.5) is 4.39 Å². The zero-order chi connectivity index (χ0) is 12.3. The van der Waals surface area contributed by atoms with Crippen molar-refractivity contribution in [3.63, 3.8) is 0 Å². The monoisotopic (exact) mass is 222 g/mol. The van der Waals surface area contributed by atoms with E-state index in [0.29, 0.717) is 22.3 Å². The topological polar surface area (TPSA) is 47.6 Å². The SMILES string of the molecule is N#Cc1cccc(C#N)c1-c1ccc(F)cc1. The lowest BCUT2D eigenvalue weighted by Crippen LogP contribution is -1.89. The molecule has 0 spiro atoms. The number of benzene rings is 2. The minimum absolute atomic E-state index is 0.346. The van der Waals surface area contributed by atoms with Gasteiger partial charge in [0.05, 0.1) is 23.3 Å². The zero-order valence-corrected chi connectivity index (χ0v) is 8.81. The Morgan fingerprint density at radius 3 is 1.82 bits per heavy atom. The molecule has 0 fully saturated rings. The molecule has 17 heavy (non-hydrogen) atoms. The molecule has 0 N–H and O–H groups in total. The predicted molar refractivity (Wildman–Crippen MR) is 61.3 cm³/mol. The molecule has 0 aromatic heterocycles. The van der Waals surface area contributed by atoms with Gasteiger partial charge in [0, 0.05) is 5.56 Å². The molecule has 0 saturated heterocycles. The minimum atomic E-state index is -0.346. The molecule has 0 heterocycles. The number of rotatable bonds is 1. The van der Waals surface area contributed by atoms with Crippen molar-refractivity contribution < 1.29 is 4.39 Å². The largest absolute Gasteiger partial charge is 0.207 e. The average molecular weight is 222 g/mol. The second-order valence-electron chi connectivity index (χ2n) is 3.46. The van der Waals surface area contributed by atoms with Crippen LogP contribution >= 0.6 is 0 Å². The molecule has 2 rings (SSSR count). The highest BCUT2D eigenvalue weighted by molar-refractivity contribution is 5.76. The summed E-state index contributed by atoms with van der Waals surface area (Å²) in [6, 6.07) is 14.8. The molecular formula is C14H7FN2. The van der Waals surface area contributed by atoms with E-state index in [-0.39, 0.29) is 5.82 Å². The summed E-state index contributed by atoms with van der Waals surface area (Å²) < 4.78 is 12.8. The third-order valence-electron chi connectivity index (χ3n) is 2.44. The molecule has 0 radical (unpaired) electrons.